The number of hydrogen-bond acceptors (Lipinski definition) is 2. The first kappa shape index (κ1) is 8.17. The van der Waals surface area contributed by atoms with Crippen molar-refractivity contribution < 1.29 is 4.79 Å². The molecule has 3 aromatic rings. The van der Waals surface area contributed by atoms with Crippen LogP contribution in [-0.2, 0) is 0 Å². The van der Waals surface area contributed by atoms with E-state index >= 15 is 0 Å². The Bertz CT molecular complexity index is 655. The number of nitrogens with zero attached hydrogens (tertiary/aromatic N) is 1. The molecule has 72 valence electrons. The maximum atomic E-state index is 10.7. The van der Waals surface area contributed by atoms with Crippen LogP contribution in [-0.4, -0.2) is 16.5 Å². The number of aromatic amines is 1. The lowest BCUT2D eigenvalue weighted by atomic mass is 10.1. The summed E-state index contributed by atoms with van der Waals surface area (Å²) in [6.07, 6.45) is 0.796. The van der Waals surface area contributed by atoms with Gasteiger partial charge >= 0.3 is 0 Å². The van der Waals surface area contributed by atoms with Gasteiger partial charge in [0.15, 0.2) is 6.29 Å². The predicted octanol–water partition coefficient (Wildman–Crippen LogP) is 2.53. The molecule has 3 nitrogen and oxygen atoms in total. The van der Waals surface area contributed by atoms with E-state index in [0.29, 0.717) is 5.69 Å². The van der Waals surface area contributed by atoms with Crippen LogP contribution in [0.4, 0.5) is 0 Å². The molecule has 0 fully saturated rings. The van der Waals surface area contributed by atoms with Crippen molar-refractivity contribution in [1.82, 2.24) is 10.2 Å². The van der Waals surface area contributed by atoms with Gasteiger partial charge in [0, 0.05) is 5.39 Å². The highest BCUT2D eigenvalue weighted by atomic mass is 16.1. The minimum absolute atomic E-state index is 0.538. The van der Waals surface area contributed by atoms with Crippen LogP contribution in [0.1, 0.15) is 10.5 Å². The number of carbonyl (C=O) groups excluding carboxylic acids is 1. The zero-order valence-electron chi connectivity index (χ0n) is 7.90. The average Bonchev–Trinajstić information content (AvgIpc) is 2.68. The number of H-pyrrole nitrogens is 1. The number of fused-ring (bicyclic) bond motifs is 2. The lowest BCUT2D eigenvalue weighted by Gasteiger charge is -1.96. The predicted molar refractivity (Wildman–Crippen MR) is 59.0 cm³/mol. The second-order valence-electron chi connectivity index (χ2n) is 3.47. The van der Waals surface area contributed by atoms with Gasteiger partial charge in [-0.15, -0.1) is 0 Å². The molecule has 2 aromatic carbocycles. The zero-order chi connectivity index (χ0) is 10.3. The van der Waals surface area contributed by atoms with Crippen molar-refractivity contribution in [2.45, 2.75) is 0 Å². The molecule has 1 N–H and O–H groups in total. The van der Waals surface area contributed by atoms with Crippen molar-refractivity contribution in [2.75, 3.05) is 0 Å². The van der Waals surface area contributed by atoms with Gasteiger partial charge in [-0.1, -0.05) is 24.3 Å². The number of nitrogens with one attached hydrogen (secondary N) is 1. The van der Waals surface area contributed by atoms with Crippen LogP contribution in [0.5, 0.6) is 0 Å². The molecule has 1 aromatic heterocycles. The van der Waals surface area contributed by atoms with E-state index in [9.17, 15) is 4.79 Å². The first-order valence-electron chi connectivity index (χ1n) is 4.70. The Morgan fingerprint density at radius 1 is 1.13 bits per heavy atom. The third-order valence-corrected chi connectivity index (χ3v) is 2.57. The van der Waals surface area contributed by atoms with Gasteiger partial charge in [-0.2, -0.15) is 5.10 Å². The Labute approximate surface area is 85.7 Å². The van der Waals surface area contributed by atoms with E-state index in [0.717, 1.165) is 28.0 Å². The standard InChI is InChI=1S/C12H8N2O/c15-7-12-10-5-8-3-1-2-4-9(8)6-11(10)13-14-12/h1-7H,(H,13,14). The molecule has 0 saturated heterocycles. The molecule has 0 radical (unpaired) electrons. The third kappa shape index (κ3) is 1.13. The Kier molecular flexibility index (Phi) is 1.59. The molecular formula is C12H8N2O. The minimum atomic E-state index is 0.538. The highest BCUT2D eigenvalue weighted by Gasteiger charge is 2.05. The number of aldehydes is 1. The fraction of sp³-hybridized carbons (Fsp3) is 0. The normalized spacial score (nSPS) is 10.9. The molecule has 0 saturated carbocycles. The summed E-state index contributed by atoms with van der Waals surface area (Å²) in [5, 5.41) is 9.94. The van der Waals surface area contributed by atoms with Crippen LogP contribution in [0.25, 0.3) is 21.7 Å². The Balaban J connectivity index is 2.50. The molecule has 3 rings (SSSR count). The zero-order valence-corrected chi connectivity index (χ0v) is 7.90. The van der Waals surface area contributed by atoms with Crippen molar-refractivity contribution in [3.05, 3.63) is 42.1 Å². The van der Waals surface area contributed by atoms with Gasteiger partial charge in [-0.25, -0.2) is 0 Å². The SMILES string of the molecule is O=Cc1[nH]nc2cc3ccccc3cc12. The molecule has 0 spiro atoms. The Morgan fingerprint density at radius 3 is 2.60 bits per heavy atom. The second kappa shape index (κ2) is 2.92. The van der Waals surface area contributed by atoms with E-state index in [1.165, 1.54) is 0 Å². The fourth-order valence-corrected chi connectivity index (χ4v) is 1.81. The van der Waals surface area contributed by atoms with Crippen LogP contribution in [0, 0.1) is 0 Å². The monoisotopic (exact) mass is 196 g/mol. The van der Waals surface area contributed by atoms with E-state index in [1.807, 2.05) is 36.4 Å². The number of carbonyl (C=O) groups is 1. The molecular weight excluding hydrogens is 188 g/mol. The van der Waals surface area contributed by atoms with E-state index in [4.69, 9.17) is 0 Å². The van der Waals surface area contributed by atoms with Crippen LogP contribution in [0.3, 0.4) is 0 Å². The molecule has 0 atom stereocenters. The summed E-state index contributed by atoms with van der Waals surface area (Å²) in [7, 11) is 0. The lowest BCUT2D eigenvalue weighted by molar-refractivity contribution is 0.112. The lowest BCUT2D eigenvalue weighted by Crippen LogP contribution is -1.79. The maximum Gasteiger partial charge on any atom is 0.168 e. The third-order valence-electron chi connectivity index (χ3n) is 2.57. The van der Waals surface area contributed by atoms with Gasteiger partial charge in [-0.3, -0.25) is 9.89 Å². The van der Waals surface area contributed by atoms with E-state index in [1.54, 1.807) is 0 Å². The topological polar surface area (TPSA) is 45.8 Å². The summed E-state index contributed by atoms with van der Waals surface area (Å²) in [5.74, 6) is 0. The highest BCUT2D eigenvalue weighted by Crippen LogP contribution is 2.22. The molecule has 0 unspecified atom stereocenters. The van der Waals surface area contributed by atoms with Crippen LogP contribution < -0.4 is 0 Å². The summed E-state index contributed by atoms with van der Waals surface area (Å²) < 4.78 is 0. The minimum Gasteiger partial charge on any atom is -0.296 e. The summed E-state index contributed by atoms with van der Waals surface area (Å²) in [4.78, 5) is 10.7. The molecule has 0 aliphatic heterocycles. The largest absolute Gasteiger partial charge is 0.296 e. The van der Waals surface area contributed by atoms with Crippen molar-refractivity contribution in [3.63, 3.8) is 0 Å². The second-order valence-corrected chi connectivity index (χ2v) is 3.47. The average molecular weight is 196 g/mol. The molecule has 0 aliphatic carbocycles. The number of rotatable bonds is 1. The van der Waals surface area contributed by atoms with Crippen LogP contribution in [0.2, 0.25) is 0 Å². The summed E-state index contributed by atoms with van der Waals surface area (Å²) >= 11 is 0. The molecule has 15 heavy (non-hydrogen) atoms. The molecule has 1 heterocycles. The van der Waals surface area contributed by atoms with Gasteiger partial charge in [0.25, 0.3) is 0 Å². The summed E-state index contributed by atoms with van der Waals surface area (Å²) in [6.45, 7) is 0. The first-order chi connectivity index (χ1) is 7.38. The maximum absolute atomic E-state index is 10.7. The summed E-state index contributed by atoms with van der Waals surface area (Å²) in [5.41, 5.74) is 1.37. The van der Waals surface area contributed by atoms with Crippen molar-refractivity contribution in [1.29, 1.82) is 0 Å². The first-order valence-corrected chi connectivity index (χ1v) is 4.70. The van der Waals surface area contributed by atoms with Gasteiger partial charge in [0.1, 0.15) is 5.69 Å². The van der Waals surface area contributed by atoms with Gasteiger partial charge < -0.3 is 0 Å². The number of aromatic nitrogens is 2. The van der Waals surface area contributed by atoms with Crippen molar-refractivity contribution in [2.24, 2.45) is 0 Å². The molecule has 0 aliphatic rings. The molecule has 0 bridgehead atoms. The van der Waals surface area contributed by atoms with Crippen molar-refractivity contribution in [3.8, 4) is 0 Å². The number of benzene rings is 2. The van der Waals surface area contributed by atoms with E-state index in [-0.39, 0.29) is 0 Å². The van der Waals surface area contributed by atoms with Crippen LogP contribution >= 0.6 is 0 Å². The quantitative estimate of drug-likeness (QED) is 0.608. The van der Waals surface area contributed by atoms with Gasteiger partial charge in [0.2, 0.25) is 0 Å². The highest BCUT2D eigenvalue weighted by molar-refractivity contribution is 6.02. The van der Waals surface area contributed by atoms with E-state index < -0.39 is 0 Å². The van der Waals surface area contributed by atoms with Crippen molar-refractivity contribution >= 4 is 28.0 Å². The fourth-order valence-electron chi connectivity index (χ4n) is 1.81. The van der Waals surface area contributed by atoms with Gasteiger partial charge in [-0.05, 0) is 22.9 Å². The van der Waals surface area contributed by atoms with Crippen LogP contribution in [0.15, 0.2) is 36.4 Å². The Morgan fingerprint density at radius 2 is 1.87 bits per heavy atom. The molecule has 3 heteroatoms. The number of hydrogen-bond donors (Lipinski definition) is 1. The molecule has 0 amide bonds. The van der Waals surface area contributed by atoms with E-state index in [2.05, 4.69) is 10.2 Å². The Hall–Kier alpha value is -2.16. The smallest absolute Gasteiger partial charge is 0.168 e. The van der Waals surface area contributed by atoms with Gasteiger partial charge in [0.05, 0.1) is 5.52 Å². The summed E-state index contributed by atoms with van der Waals surface area (Å²) in [6, 6.07) is 12.0.